The summed E-state index contributed by atoms with van der Waals surface area (Å²) in [5.74, 6) is -0.108. The van der Waals surface area contributed by atoms with Gasteiger partial charge in [0.05, 0.1) is 31.3 Å². The first kappa shape index (κ1) is 26.6. The van der Waals surface area contributed by atoms with Gasteiger partial charge in [-0.2, -0.15) is 4.98 Å². The molecule has 0 aliphatic carbocycles. The summed E-state index contributed by atoms with van der Waals surface area (Å²) in [5.41, 5.74) is 0.981. The number of nitrogens with zero attached hydrogens (tertiary/aromatic N) is 4. The largest absolute Gasteiger partial charge is 0.495 e. The summed E-state index contributed by atoms with van der Waals surface area (Å²) < 4.78 is 5.17. The van der Waals surface area contributed by atoms with Crippen LogP contribution in [0.1, 0.15) is 34.6 Å². The Morgan fingerprint density at radius 3 is 2.61 bits per heavy atom. The van der Waals surface area contributed by atoms with Gasteiger partial charge in [0, 0.05) is 31.6 Å². The quantitative estimate of drug-likeness (QED) is 0.226. The molecule has 3 rings (SSSR count). The van der Waals surface area contributed by atoms with Gasteiger partial charge in [0.1, 0.15) is 23.0 Å². The summed E-state index contributed by atoms with van der Waals surface area (Å²) in [6.45, 7) is 0.0721. The average molecular weight is 516 g/mol. The number of hydrogen-bond acceptors (Lipinski definition) is 10. The van der Waals surface area contributed by atoms with Gasteiger partial charge in [0.2, 0.25) is 5.95 Å². The molecule has 1 amide bonds. The van der Waals surface area contributed by atoms with E-state index in [1.165, 1.54) is 13.3 Å². The number of carbonyl (C=O) groups excluding carboxylic acids is 1. The number of ether oxygens (including phenoxy) is 1. The Hall–Kier alpha value is -4.03. The molecule has 2 aromatic heterocycles. The molecule has 0 aliphatic rings. The molecule has 5 N–H and O–H groups in total. The average Bonchev–Trinajstić information content (AvgIpc) is 2.89. The number of nitrogens with one attached hydrogen (secondary N) is 3. The number of rotatable bonds is 13. The molecule has 13 heteroatoms. The van der Waals surface area contributed by atoms with Crippen LogP contribution in [0.2, 0.25) is 5.02 Å². The van der Waals surface area contributed by atoms with Crippen LogP contribution in [0, 0.1) is 0 Å². The highest BCUT2D eigenvalue weighted by Crippen LogP contribution is 2.25. The number of aliphatic hydroxyl groups is 1. The van der Waals surface area contributed by atoms with Gasteiger partial charge < -0.3 is 30.9 Å². The Morgan fingerprint density at radius 1 is 1.17 bits per heavy atom. The molecule has 1 atom stereocenters. The van der Waals surface area contributed by atoms with Crippen LogP contribution in [0.25, 0.3) is 0 Å². The summed E-state index contributed by atoms with van der Waals surface area (Å²) >= 11 is 6.21. The number of carbonyl (C=O) groups is 2. The standard InChI is InChI=1S/C23H26ClN7O5/c1-36-18-5-3-14(9-17(18)24)10-27-21-16(22(35)28-12-19-25-7-2-8-26-19)11-29-23(31-21)30-15(13-32)4-6-20(33)34/h2-3,5,7-9,11,15,32H,4,6,10,12-13H2,1H3,(H,28,35)(H,33,34)(H2,27,29,30,31). The van der Waals surface area contributed by atoms with E-state index in [-0.39, 0.29) is 49.9 Å². The third kappa shape index (κ3) is 7.75. The highest BCUT2D eigenvalue weighted by molar-refractivity contribution is 6.32. The van der Waals surface area contributed by atoms with Crippen molar-refractivity contribution in [2.24, 2.45) is 0 Å². The molecular formula is C23H26ClN7O5. The van der Waals surface area contributed by atoms with Gasteiger partial charge in [-0.1, -0.05) is 17.7 Å². The number of aliphatic carboxylic acids is 1. The number of benzene rings is 1. The zero-order chi connectivity index (χ0) is 25.9. The van der Waals surface area contributed by atoms with Gasteiger partial charge in [-0.3, -0.25) is 9.59 Å². The molecule has 0 saturated carbocycles. The smallest absolute Gasteiger partial charge is 0.303 e. The van der Waals surface area contributed by atoms with E-state index in [9.17, 15) is 14.7 Å². The number of halogens is 1. The number of methoxy groups -OCH3 is 1. The number of anilines is 2. The molecule has 12 nitrogen and oxygen atoms in total. The SMILES string of the molecule is COc1ccc(CNc2nc(NC(CO)CCC(=O)O)ncc2C(=O)NCc2ncccn2)cc1Cl. The minimum Gasteiger partial charge on any atom is -0.495 e. The van der Waals surface area contributed by atoms with Gasteiger partial charge in [-0.25, -0.2) is 15.0 Å². The fraction of sp³-hybridized carbons (Fsp3) is 0.304. The first-order chi connectivity index (χ1) is 17.4. The van der Waals surface area contributed by atoms with Crippen LogP contribution in [-0.2, 0) is 17.9 Å². The zero-order valence-electron chi connectivity index (χ0n) is 19.4. The van der Waals surface area contributed by atoms with Crippen molar-refractivity contribution < 1.29 is 24.5 Å². The normalized spacial score (nSPS) is 11.4. The lowest BCUT2D eigenvalue weighted by Gasteiger charge is -2.17. The van der Waals surface area contributed by atoms with Gasteiger partial charge in [-0.15, -0.1) is 0 Å². The summed E-state index contributed by atoms with van der Waals surface area (Å²) in [6, 6.07) is 6.37. The van der Waals surface area contributed by atoms with Crippen molar-refractivity contribution in [3.8, 4) is 5.75 Å². The first-order valence-corrected chi connectivity index (χ1v) is 11.3. The lowest BCUT2D eigenvalue weighted by atomic mass is 10.1. The first-order valence-electron chi connectivity index (χ1n) is 11.0. The van der Waals surface area contributed by atoms with Crippen LogP contribution in [0.4, 0.5) is 11.8 Å². The summed E-state index contributed by atoms with van der Waals surface area (Å²) in [5, 5.41) is 27.7. The van der Waals surface area contributed by atoms with Crippen molar-refractivity contribution in [3.05, 3.63) is 64.8 Å². The molecule has 1 unspecified atom stereocenters. The molecule has 190 valence electrons. The molecule has 0 aliphatic heterocycles. The lowest BCUT2D eigenvalue weighted by Crippen LogP contribution is -2.28. The maximum absolute atomic E-state index is 12.9. The van der Waals surface area contributed by atoms with Crippen molar-refractivity contribution in [1.29, 1.82) is 0 Å². The van der Waals surface area contributed by atoms with Crippen LogP contribution in [0.3, 0.4) is 0 Å². The fourth-order valence-corrected chi connectivity index (χ4v) is 3.40. The third-order valence-electron chi connectivity index (χ3n) is 5.00. The van der Waals surface area contributed by atoms with Crippen molar-refractivity contribution in [2.75, 3.05) is 24.4 Å². The highest BCUT2D eigenvalue weighted by Gasteiger charge is 2.18. The van der Waals surface area contributed by atoms with Gasteiger partial charge in [0.15, 0.2) is 0 Å². The predicted octanol–water partition coefficient (Wildman–Crippen LogP) is 2.11. The zero-order valence-corrected chi connectivity index (χ0v) is 20.2. The maximum Gasteiger partial charge on any atom is 0.303 e. The van der Waals surface area contributed by atoms with E-state index >= 15 is 0 Å². The van der Waals surface area contributed by atoms with Crippen molar-refractivity contribution in [2.45, 2.75) is 32.0 Å². The molecular weight excluding hydrogens is 490 g/mol. The van der Waals surface area contributed by atoms with Crippen LogP contribution >= 0.6 is 11.6 Å². The van der Waals surface area contributed by atoms with E-state index in [1.54, 1.807) is 30.6 Å². The second kappa shape index (κ2) is 13.2. The van der Waals surface area contributed by atoms with E-state index in [2.05, 4.69) is 35.9 Å². The van der Waals surface area contributed by atoms with E-state index in [1.807, 2.05) is 6.07 Å². The molecule has 2 heterocycles. The number of aliphatic hydroxyl groups excluding tert-OH is 1. The number of carboxylic acid groups (broad SMARTS) is 1. The lowest BCUT2D eigenvalue weighted by molar-refractivity contribution is -0.137. The monoisotopic (exact) mass is 515 g/mol. The fourth-order valence-electron chi connectivity index (χ4n) is 3.12. The van der Waals surface area contributed by atoms with E-state index in [4.69, 9.17) is 21.4 Å². The molecule has 0 radical (unpaired) electrons. The second-order valence-corrected chi connectivity index (χ2v) is 7.99. The molecule has 0 fully saturated rings. The Balaban J connectivity index is 1.79. The summed E-state index contributed by atoms with van der Waals surface area (Å²) in [4.78, 5) is 40.5. The molecule has 36 heavy (non-hydrogen) atoms. The minimum absolute atomic E-state index is 0.106. The minimum atomic E-state index is -0.980. The Kier molecular flexibility index (Phi) is 9.72. The third-order valence-corrected chi connectivity index (χ3v) is 5.29. The summed E-state index contributed by atoms with van der Waals surface area (Å²) in [7, 11) is 1.52. The molecule has 1 aromatic carbocycles. The van der Waals surface area contributed by atoms with Crippen LogP contribution in [0.15, 0.2) is 42.9 Å². The van der Waals surface area contributed by atoms with E-state index in [0.29, 0.717) is 16.6 Å². The molecule has 0 saturated heterocycles. The molecule has 0 bridgehead atoms. The number of hydrogen-bond donors (Lipinski definition) is 5. The van der Waals surface area contributed by atoms with Crippen molar-refractivity contribution in [3.63, 3.8) is 0 Å². The van der Waals surface area contributed by atoms with Crippen molar-refractivity contribution in [1.82, 2.24) is 25.3 Å². The van der Waals surface area contributed by atoms with Gasteiger partial charge in [0.25, 0.3) is 5.91 Å². The Morgan fingerprint density at radius 2 is 1.94 bits per heavy atom. The Bertz CT molecular complexity index is 1180. The number of aromatic nitrogens is 4. The molecule has 3 aromatic rings. The maximum atomic E-state index is 12.9. The van der Waals surface area contributed by atoms with E-state index in [0.717, 1.165) is 5.56 Å². The Labute approximate surface area is 212 Å². The molecule has 0 spiro atoms. The van der Waals surface area contributed by atoms with Gasteiger partial charge >= 0.3 is 5.97 Å². The highest BCUT2D eigenvalue weighted by atomic mass is 35.5. The van der Waals surface area contributed by atoms with Crippen molar-refractivity contribution >= 4 is 35.2 Å². The van der Waals surface area contributed by atoms with Crippen LogP contribution in [0.5, 0.6) is 5.75 Å². The van der Waals surface area contributed by atoms with E-state index < -0.39 is 17.9 Å². The topological polar surface area (TPSA) is 171 Å². The second-order valence-electron chi connectivity index (χ2n) is 7.58. The number of amides is 1. The van der Waals surface area contributed by atoms with Gasteiger partial charge in [-0.05, 0) is 30.2 Å². The predicted molar refractivity (Wildman–Crippen MR) is 132 cm³/mol. The number of carboxylic acids is 1. The summed E-state index contributed by atoms with van der Waals surface area (Å²) in [6.07, 6.45) is 4.52. The van der Waals surface area contributed by atoms with Crippen LogP contribution in [-0.4, -0.2) is 61.8 Å². The van der Waals surface area contributed by atoms with Crippen LogP contribution < -0.4 is 20.7 Å².